The van der Waals surface area contributed by atoms with Crippen molar-refractivity contribution < 1.29 is 30.8 Å². The van der Waals surface area contributed by atoms with E-state index in [-0.39, 0.29) is 36.6 Å². The van der Waals surface area contributed by atoms with Crippen LogP contribution in [0.3, 0.4) is 0 Å². The molecule has 0 N–H and O–H groups in total. The summed E-state index contributed by atoms with van der Waals surface area (Å²) >= 11 is 0. The summed E-state index contributed by atoms with van der Waals surface area (Å²) in [5, 5.41) is 0. The summed E-state index contributed by atoms with van der Waals surface area (Å²) < 4.78 is 78.0. The molecule has 0 bridgehead atoms. The van der Waals surface area contributed by atoms with Crippen molar-refractivity contribution in [2.75, 3.05) is 26.2 Å². The predicted octanol–water partition coefficient (Wildman–Crippen LogP) is 2.99. The number of nitrogens with zero attached hydrogens (tertiary/aromatic N) is 2. The van der Waals surface area contributed by atoms with Crippen molar-refractivity contribution in [3.8, 4) is 0 Å². The number of benzene rings is 2. The minimum absolute atomic E-state index is 0.0175. The van der Waals surface area contributed by atoms with Crippen molar-refractivity contribution >= 4 is 15.9 Å². The molecule has 0 atom stereocenters. The van der Waals surface area contributed by atoms with Crippen LogP contribution in [-0.2, 0) is 16.2 Å². The lowest BCUT2D eigenvalue weighted by Crippen LogP contribution is -2.50. The van der Waals surface area contributed by atoms with Gasteiger partial charge in [-0.1, -0.05) is 12.1 Å². The monoisotopic (exact) mass is 416 g/mol. The normalized spacial score (nSPS) is 16.2. The highest BCUT2D eigenvalue weighted by Crippen LogP contribution is 2.30. The molecule has 2 aromatic rings. The van der Waals surface area contributed by atoms with Gasteiger partial charge in [-0.05, 0) is 36.4 Å². The second-order valence-electron chi connectivity index (χ2n) is 6.23. The van der Waals surface area contributed by atoms with Crippen molar-refractivity contribution in [1.82, 2.24) is 9.21 Å². The average Bonchev–Trinajstić information content (AvgIpc) is 2.67. The number of alkyl halides is 3. The number of sulfonamides is 1. The molecule has 0 aromatic heterocycles. The number of halogens is 4. The molecule has 0 spiro atoms. The Labute approximate surface area is 159 Å². The topological polar surface area (TPSA) is 57.7 Å². The first-order chi connectivity index (χ1) is 13.1. The second kappa shape index (κ2) is 7.51. The Kier molecular flexibility index (Phi) is 5.44. The molecule has 1 amide bonds. The van der Waals surface area contributed by atoms with E-state index in [1.165, 1.54) is 23.1 Å². The van der Waals surface area contributed by atoms with Crippen molar-refractivity contribution in [3.05, 3.63) is 65.5 Å². The van der Waals surface area contributed by atoms with Gasteiger partial charge in [0.25, 0.3) is 5.91 Å². The van der Waals surface area contributed by atoms with Gasteiger partial charge >= 0.3 is 6.18 Å². The van der Waals surface area contributed by atoms with Crippen LogP contribution in [0, 0.1) is 5.82 Å². The van der Waals surface area contributed by atoms with Crippen LogP contribution >= 0.6 is 0 Å². The highest BCUT2D eigenvalue weighted by Gasteiger charge is 2.33. The predicted molar refractivity (Wildman–Crippen MR) is 92.5 cm³/mol. The summed E-state index contributed by atoms with van der Waals surface area (Å²) in [6.07, 6.45) is -4.56. The van der Waals surface area contributed by atoms with Gasteiger partial charge in [-0.25, -0.2) is 12.8 Å². The molecule has 10 heteroatoms. The molecule has 0 radical (unpaired) electrons. The summed E-state index contributed by atoms with van der Waals surface area (Å²) in [6, 6.07) is 8.70. The molecule has 1 aliphatic rings. The molecule has 5 nitrogen and oxygen atoms in total. The first-order valence-corrected chi connectivity index (χ1v) is 9.75. The number of rotatable bonds is 3. The van der Waals surface area contributed by atoms with E-state index in [4.69, 9.17) is 0 Å². The van der Waals surface area contributed by atoms with Crippen molar-refractivity contribution in [3.63, 3.8) is 0 Å². The molecule has 2 aromatic carbocycles. The molecule has 28 heavy (non-hydrogen) atoms. The van der Waals surface area contributed by atoms with E-state index in [1.54, 1.807) is 0 Å². The molecule has 1 fully saturated rings. The second-order valence-corrected chi connectivity index (χ2v) is 8.17. The van der Waals surface area contributed by atoms with Gasteiger partial charge in [-0.2, -0.15) is 17.5 Å². The summed E-state index contributed by atoms with van der Waals surface area (Å²) in [7, 11) is -3.92. The zero-order chi connectivity index (χ0) is 20.5. The van der Waals surface area contributed by atoms with Gasteiger partial charge in [0.1, 0.15) is 5.82 Å². The Hall–Kier alpha value is -2.46. The van der Waals surface area contributed by atoms with Crippen LogP contribution in [0.1, 0.15) is 15.9 Å². The molecule has 3 rings (SSSR count). The summed E-state index contributed by atoms with van der Waals surface area (Å²) in [4.78, 5) is 13.6. The number of carbonyl (C=O) groups is 1. The number of piperazine rings is 1. The number of carbonyl (C=O) groups excluding carboxylic acids is 1. The lowest BCUT2D eigenvalue weighted by Gasteiger charge is -2.34. The third-order valence-corrected chi connectivity index (χ3v) is 6.29. The Morgan fingerprint density at radius 1 is 0.929 bits per heavy atom. The largest absolute Gasteiger partial charge is 0.416 e. The molecule has 0 aliphatic carbocycles. The van der Waals surface area contributed by atoms with Crippen molar-refractivity contribution in [2.45, 2.75) is 11.1 Å². The molecule has 0 unspecified atom stereocenters. The van der Waals surface area contributed by atoms with Crippen molar-refractivity contribution in [2.24, 2.45) is 0 Å². The van der Waals surface area contributed by atoms with E-state index in [9.17, 15) is 30.8 Å². The van der Waals surface area contributed by atoms with E-state index < -0.39 is 33.5 Å². The zero-order valence-electron chi connectivity index (χ0n) is 14.5. The van der Waals surface area contributed by atoms with Gasteiger partial charge in [0, 0.05) is 31.7 Å². The van der Waals surface area contributed by atoms with Crippen molar-refractivity contribution in [1.29, 1.82) is 0 Å². The molecule has 150 valence electrons. The van der Waals surface area contributed by atoms with Crippen LogP contribution in [0.5, 0.6) is 0 Å². The Morgan fingerprint density at radius 2 is 1.57 bits per heavy atom. The van der Waals surface area contributed by atoms with E-state index >= 15 is 0 Å². The molecule has 1 aliphatic heterocycles. The van der Waals surface area contributed by atoms with Gasteiger partial charge in [0.15, 0.2) is 0 Å². The van der Waals surface area contributed by atoms with Gasteiger partial charge in [0.2, 0.25) is 10.0 Å². The summed E-state index contributed by atoms with van der Waals surface area (Å²) in [5.41, 5.74) is -1.04. The molecular weight excluding hydrogens is 400 g/mol. The van der Waals surface area contributed by atoms with Crippen LogP contribution in [0.15, 0.2) is 53.4 Å². The lowest BCUT2D eigenvalue weighted by molar-refractivity contribution is -0.137. The van der Waals surface area contributed by atoms with E-state index in [1.807, 2.05) is 0 Å². The zero-order valence-corrected chi connectivity index (χ0v) is 15.3. The Balaban J connectivity index is 1.71. The quantitative estimate of drug-likeness (QED) is 0.723. The highest BCUT2D eigenvalue weighted by atomic mass is 32.2. The molecule has 1 saturated heterocycles. The standard InChI is InChI=1S/C18H16F4N2O3S/c19-15-5-2-6-16(12-15)28(26,27)24-9-7-23(8-10-24)17(25)13-3-1-4-14(11-13)18(20,21)22/h1-6,11-12H,7-10H2. The van der Waals surface area contributed by atoms with E-state index in [0.29, 0.717) is 0 Å². The van der Waals surface area contributed by atoms with E-state index in [2.05, 4.69) is 0 Å². The van der Waals surface area contributed by atoms with Crippen LogP contribution < -0.4 is 0 Å². The lowest BCUT2D eigenvalue weighted by atomic mass is 10.1. The third kappa shape index (κ3) is 4.17. The van der Waals surface area contributed by atoms with Crippen LogP contribution in [-0.4, -0.2) is 49.7 Å². The fraction of sp³-hybridized carbons (Fsp3) is 0.278. The van der Waals surface area contributed by atoms with E-state index in [0.717, 1.165) is 34.6 Å². The van der Waals surface area contributed by atoms with Gasteiger partial charge in [-0.15, -0.1) is 0 Å². The maximum atomic E-state index is 13.3. The fourth-order valence-electron chi connectivity index (χ4n) is 2.92. The van der Waals surface area contributed by atoms with Crippen LogP contribution in [0.25, 0.3) is 0 Å². The smallest absolute Gasteiger partial charge is 0.336 e. The highest BCUT2D eigenvalue weighted by molar-refractivity contribution is 7.89. The number of hydrogen-bond donors (Lipinski definition) is 0. The molecule has 1 heterocycles. The number of amides is 1. The first-order valence-electron chi connectivity index (χ1n) is 8.31. The van der Waals surface area contributed by atoms with Crippen LogP contribution in [0.4, 0.5) is 17.6 Å². The Morgan fingerprint density at radius 3 is 2.18 bits per heavy atom. The van der Waals surface area contributed by atoms with Crippen LogP contribution in [0.2, 0.25) is 0 Å². The Bertz CT molecular complexity index is 984. The maximum Gasteiger partial charge on any atom is 0.416 e. The van der Waals surface area contributed by atoms with Gasteiger partial charge in [-0.3, -0.25) is 4.79 Å². The molecular formula is C18H16F4N2O3S. The summed E-state index contributed by atoms with van der Waals surface area (Å²) in [6.45, 7) is -0.0413. The minimum Gasteiger partial charge on any atom is -0.336 e. The average molecular weight is 416 g/mol. The summed E-state index contributed by atoms with van der Waals surface area (Å²) in [5.74, 6) is -1.28. The minimum atomic E-state index is -4.56. The number of hydrogen-bond acceptors (Lipinski definition) is 3. The molecule has 0 saturated carbocycles. The maximum absolute atomic E-state index is 13.3. The van der Waals surface area contributed by atoms with Gasteiger partial charge < -0.3 is 4.90 Å². The fourth-order valence-corrected chi connectivity index (χ4v) is 4.37. The first kappa shape index (κ1) is 20.3. The SMILES string of the molecule is O=C(c1cccc(C(F)(F)F)c1)N1CCN(S(=O)(=O)c2cccc(F)c2)CC1. The van der Waals surface area contributed by atoms with Gasteiger partial charge in [0.05, 0.1) is 10.5 Å². The third-order valence-electron chi connectivity index (χ3n) is 4.40.